The number of benzene rings is 2. The lowest BCUT2D eigenvalue weighted by Gasteiger charge is -2.28. The van der Waals surface area contributed by atoms with Crippen molar-refractivity contribution in [3.8, 4) is 5.75 Å². The van der Waals surface area contributed by atoms with Gasteiger partial charge in [0, 0.05) is 42.2 Å². The Labute approximate surface area is 153 Å². The molecular formula is C21H21ClN2O. The van der Waals surface area contributed by atoms with Crippen molar-refractivity contribution in [1.82, 2.24) is 9.88 Å². The molecule has 0 saturated carbocycles. The number of pyridine rings is 1. The number of rotatable bonds is 4. The molecular weight excluding hydrogens is 332 g/mol. The van der Waals surface area contributed by atoms with Gasteiger partial charge < -0.3 is 4.74 Å². The number of hydrogen-bond acceptors (Lipinski definition) is 3. The van der Waals surface area contributed by atoms with E-state index < -0.39 is 0 Å². The normalized spacial score (nSPS) is 14.5. The molecule has 3 aromatic rings. The highest BCUT2D eigenvalue weighted by molar-refractivity contribution is 6.31. The molecule has 4 heteroatoms. The topological polar surface area (TPSA) is 25.4 Å². The maximum absolute atomic E-state index is 6.12. The highest BCUT2D eigenvalue weighted by Gasteiger charge is 2.18. The van der Waals surface area contributed by atoms with E-state index in [9.17, 15) is 0 Å². The predicted octanol–water partition coefficient (Wildman–Crippen LogP) is 4.50. The molecule has 0 radical (unpaired) electrons. The van der Waals surface area contributed by atoms with E-state index in [0.29, 0.717) is 0 Å². The molecule has 128 valence electrons. The second-order valence-electron chi connectivity index (χ2n) is 6.56. The lowest BCUT2D eigenvalue weighted by Crippen LogP contribution is -2.32. The molecule has 0 saturated heterocycles. The Hall–Kier alpha value is -2.10. The first kappa shape index (κ1) is 16.4. The van der Waals surface area contributed by atoms with Crippen LogP contribution in [0.5, 0.6) is 5.75 Å². The number of ether oxygens (including phenoxy) is 1. The quantitative estimate of drug-likeness (QED) is 0.691. The fourth-order valence-corrected chi connectivity index (χ4v) is 3.62. The maximum atomic E-state index is 6.12. The molecule has 25 heavy (non-hydrogen) atoms. The number of halogens is 1. The fraction of sp³-hybridized carbons (Fsp3) is 0.286. The summed E-state index contributed by atoms with van der Waals surface area (Å²) in [6.07, 6.45) is 2.06. The van der Waals surface area contributed by atoms with Crippen LogP contribution in [0.2, 0.25) is 5.02 Å². The molecule has 0 aliphatic carbocycles. The lowest BCUT2D eigenvalue weighted by molar-refractivity contribution is 0.255. The van der Waals surface area contributed by atoms with Crippen molar-refractivity contribution in [1.29, 1.82) is 0 Å². The molecule has 1 aromatic heterocycles. The van der Waals surface area contributed by atoms with E-state index in [2.05, 4.69) is 23.1 Å². The van der Waals surface area contributed by atoms with Crippen molar-refractivity contribution < 1.29 is 4.74 Å². The lowest BCUT2D eigenvalue weighted by atomic mass is 10.0. The average molecular weight is 353 g/mol. The minimum absolute atomic E-state index is 0.765. The van der Waals surface area contributed by atoms with Crippen LogP contribution in [0.3, 0.4) is 0 Å². The SMILES string of the molecule is COc1ccc(CCN2CCc3nc4ccc(Cl)cc4cc3C2)cc1. The summed E-state index contributed by atoms with van der Waals surface area (Å²) in [7, 11) is 1.70. The summed E-state index contributed by atoms with van der Waals surface area (Å²) in [6, 6.07) is 16.5. The number of hydrogen-bond donors (Lipinski definition) is 0. The van der Waals surface area contributed by atoms with Gasteiger partial charge in [-0.25, -0.2) is 0 Å². The van der Waals surface area contributed by atoms with Gasteiger partial charge >= 0.3 is 0 Å². The smallest absolute Gasteiger partial charge is 0.118 e. The van der Waals surface area contributed by atoms with Gasteiger partial charge in [0.05, 0.1) is 12.6 Å². The van der Waals surface area contributed by atoms with Crippen molar-refractivity contribution in [2.24, 2.45) is 0 Å². The van der Waals surface area contributed by atoms with Crippen molar-refractivity contribution >= 4 is 22.5 Å². The van der Waals surface area contributed by atoms with Gasteiger partial charge in [-0.1, -0.05) is 23.7 Å². The minimum atomic E-state index is 0.765. The zero-order chi connectivity index (χ0) is 17.2. The Morgan fingerprint density at radius 3 is 2.76 bits per heavy atom. The van der Waals surface area contributed by atoms with Gasteiger partial charge in [-0.3, -0.25) is 9.88 Å². The Balaban J connectivity index is 1.46. The summed E-state index contributed by atoms with van der Waals surface area (Å²) >= 11 is 6.12. The fourth-order valence-electron chi connectivity index (χ4n) is 3.44. The Morgan fingerprint density at radius 1 is 1.12 bits per heavy atom. The third kappa shape index (κ3) is 3.63. The summed E-state index contributed by atoms with van der Waals surface area (Å²) in [6.45, 7) is 3.08. The van der Waals surface area contributed by atoms with Crippen LogP contribution < -0.4 is 4.74 Å². The van der Waals surface area contributed by atoms with Gasteiger partial charge in [-0.15, -0.1) is 0 Å². The Morgan fingerprint density at radius 2 is 1.96 bits per heavy atom. The van der Waals surface area contributed by atoms with Crippen LogP contribution in [0, 0.1) is 0 Å². The van der Waals surface area contributed by atoms with Crippen molar-refractivity contribution in [2.75, 3.05) is 20.2 Å². The van der Waals surface area contributed by atoms with Gasteiger partial charge in [0.2, 0.25) is 0 Å². The van der Waals surface area contributed by atoms with Crippen molar-refractivity contribution in [3.05, 3.63) is 70.4 Å². The van der Waals surface area contributed by atoms with E-state index in [1.807, 2.05) is 30.3 Å². The molecule has 0 fully saturated rings. The first-order chi connectivity index (χ1) is 12.2. The molecule has 4 rings (SSSR count). The largest absolute Gasteiger partial charge is 0.497 e. The molecule has 2 aromatic carbocycles. The van der Waals surface area contributed by atoms with Crippen LogP contribution in [0.25, 0.3) is 10.9 Å². The van der Waals surface area contributed by atoms with Gasteiger partial charge in [0.25, 0.3) is 0 Å². The van der Waals surface area contributed by atoms with Crippen molar-refractivity contribution in [3.63, 3.8) is 0 Å². The molecule has 0 unspecified atom stereocenters. The molecule has 1 aliphatic heterocycles. The molecule has 3 nitrogen and oxygen atoms in total. The number of nitrogens with zero attached hydrogens (tertiary/aromatic N) is 2. The van der Waals surface area contributed by atoms with Gasteiger partial charge in [0.1, 0.15) is 5.75 Å². The maximum Gasteiger partial charge on any atom is 0.118 e. The van der Waals surface area contributed by atoms with Gasteiger partial charge in [-0.2, -0.15) is 0 Å². The predicted molar refractivity (Wildman–Crippen MR) is 102 cm³/mol. The summed E-state index contributed by atoms with van der Waals surface area (Å²) < 4.78 is 5.22. The molecule has 0 amide bonds. The number of fused-ring (bicyclic) bond motifs is 2. The minimum Gasteiger partial charge on any atom is -0.497 e. The van der Waals surface area contributed by atoms with E-state index in [0.717, 1.165) is 54.2 Å². The summed E-state index contributed by atoms with van der Waals surface area (Å²) in [5.41, 5.74) is 4.94. The van der Waals surface area contributed by atoms with E-state index in [1.165, 1.54) is 16.8 Å². The molecule has 1 aliphatic rings. The highest BCUT2D eigenvalue weighted by atomic mass is 35.5. The highest BCUT2D eigenvalue weighted by Crippen LogP contribution is 2.25. The van der Waals surface area contributed by atoms with Crippen LogP contribution >= 0.6 is 11.6 Å². The first-order valence-corrected chi connectivity index (χ1v) is 9.02. The monoisotopic (exact) mass is 352 g/mol. The Bertz CT molecular complexity index is 892. The number of aromatic nitrogens is 1. The molecule has 0 bridgehead atoms. The Kier molecular flexibility index (Phi) is 4.60. The van der Waals surface area contributed by atoms with Gasteiger partial charge in [0.15, 0.2) is 0 Å². The van der Waals surface area contributed by atoms with Crippen LogP contribution in [0.15, 0.2) is 48.5 Å². The van der Waals surface area contributed by atoms with Crippen LogP contribution in [0.4, 0.5) is 0 Å². The van der Waals surface area contributed by atoms with Crippen LogP contribution in [-0.4, -0.2) is 30.1 Å². The van der Waals surface area contributed by atoms with E-state index in [-0.39, 0.29) is 0 Å². The molecule has 2 heterocycles. The van der Waals surface area contributed by atoms with Crippen molar-refractivity contribution in [2.45, 2.75) is 19.4 Å². The van der Waals surface area contributed by atoms with Gasteiger partial charge in [-0.05, 0) is 53.9 Å². The molecule has 0 spiro atoms. The average Bonchev–Trinajstić information content (AvgIpc) is 2.65. The molecule has 0 N–H and O–H groups in total. The van der Waals surface area contributed by atoms with Crippen LogP contribution in [-0.2, 0) is 19.4 Å². The van der Waals surface area contributed by atoms with Crippen LogP contribution in [0.1, 0.15) is 16.8 Å². The van der Waals surface area contributed by atoms with E-state index >= 15 is 0 Å². The summed E-state index contributed by atoms with van der Waals surface area (Å²) in [5.74, 6) is 0.910. The standard InChI is InChI=1S/C21H21ClN2O/c1-25-19-5-2-15(3-6-19)8-10-24-11-9-21-17(14-24)12-16-13-18(22)4-7-20(16)23-21/h2-7,12-13H,8-11,14H2,1H3. The summed E-state index contributed by atoms with van der Waals surface area (Å²) in [4.78, 5) is 7.33. The third-order valence-electron chi connectivity index (χ3n) is 4.88. The number of methoxy groups -OCH3 is 1. The first-order valence-electron chi connectivity index (χ1n) is 8.64. The second-order valence-corrected chi connectivity index (χ2v) is 6.99. The zero-order valence-corrected chi connectivity index (χ0v) is 15.1. The zero-order valence-electron chi connectivity index (χ0n) is 14.3. The van der Waals surface area contributed by atoms with E-state index in [4.69, 9.17) is 21.3 Å². The second kappa shape index (κ2) is 7.03. The van der Waals surface area contributed by atoms with E-state index in [1.54, 1.807) is 7.11 Å². The third-order valence-corrected chi connectivity index (χ3v) is 5.12. The molecule has 0 atom stereocenters. The summed E-state index contributed by atoms with van der Waals surface area (Å²) in [5, 5.41) is 1.89.